The van der Waals surface area contributed by atoms with Gasteiger partial charge >= 0.3 is 0 Å². The highest BCUT2D eigenvalue weighted by Gasteiger charge is 2.03. The van der Waals surface area contributed by atoms with Crippen LogP contribution in [-0.2, 0) is 6.61 Å². The molecule has 2 rings (SSSR count). The minimum absolute atomic E-state index is 0.205. The Labute approximate surface area is 126 Å². The molecular formula is C14H17BrN4O. The zero-order valence-corrected chi connectivity index (χ0v) is 12.9. The molecule has 6 heteroatoms. The topological polar surface area (TPSA) is 73.1 Å². The standard InChI is InChI=1S/C14H17BrN4O/c1-2-7-17-12-8-13(19-14(16)18-12)20-9-10-3-5-11(15)6-4-10/h3-6,8H,2,7,9H2,1H3,(H3,16,17,18,19). The summed E-state index contributed by atoms with van der Waals surface area (Å²) in [6, 6.07) is 9.68. The van der Waals surface area contributed by atoms with Gasteiger partial charge in [0.05, 0.1) is 0 Å². The molecule has 0 saturated heterocycles. The van der Waals surface area contributed by atoms with E-state index in [2.05, 4.69) is 38.1 Å². The number of nitrogens with zero attached hydrogens (tertiary/aromatic N) is 2. The Balaban J connectivity index is 2.01. The summed E-state index contributed by atoms with van der Waals surface area (Å²) in [6.45, 7) is 3.36. The summed E-state index contributed by atoms with van der Waals surface area (Å²) in [5, 5.41) is 3.16. The first-order valence-electron chi connectivity index (χ1n) is 6.43. The van der Waals surface area contributed by atoms with E-state index in [9.17, 15) is 0 Å². The Hall–Kier alpha value is -1.82. The molecule has 0 saturated carbocycles. The Bertz CT molecular complexity index is 560. The largest absolute Gasteiger partial charge is 0.473 e. The van der Waals surface area contributed by atoms with Gasteiger partial charge < -0.3 is 15.8 Å². The Morgan fingerprint density at radius 3 is 2.70 bits per heavy atom. The van der Waals surface area contributed by atoms with Crippen LogP contribution in [0.4, 0.5) is 11.8 Å². The van der Waals surface area contributed by atoms with Gasteiger partial charge in [-0.1, -0.05) is 35.0 Å². The van der Waals surface area contributed by atoms with Gasteiger partial charge in [0, 0.05) is 17.1 Å². The molecule has 0 aliphatic heterocycles. The average molecular weight is 337 g/mol. The fraction of sp³-hybridized carbons (Fsp3) is 0.286. The van der Waals surface area contributed by atoms with Gasteiger partial charge in [0.2, 0.25) is 11.8 Å². The lowest BCUT2D eigenvalue weighted by Crippen LogP contribution is -2.06. The molecule has 20 heavy (non-hydrogen) atoms. The number of hydrogen-bond acceptors (Lipinski definition) is 5. The number of aromatic nitrogens is 2. The van der Waals surface area contributed by atoms with Crippen molar-refractivity contribution >= 4 is 27.7 Å². The minimum atomic E-state index is 0.205. The summed E-state index contributed by atoms with van der Waals surface area (Å²) in [7, 11) is 0. The third-order valence-corrected chi connectivity index (χ3v) is 3.10. The molecule has 0 amide bonds. The predicted molar refractivity (Wildman–Crippen MR) is 83.7 cm³/mol. The van der Waals surface area contributed by atoms with E-state index in [0.29, 0.717) is 18.3 Å². The number of hydrogen-bond donors (Lipinski definition) is 2. The average Bonchev–Trinajstić information content (AvgIpc) is 2.44. The van der Waals surface area contributed by atoms with E-state index >= 15 is 0 Å². The number of anilines is 2. The van der Waals surface area contributed by atoms with Crippen molar-refractivity contribution in [1.82, 2.24) is 9.97 Å². The van der Waals surface area contributed by atoms with Gasteiger partial charge in [0.1, 0.15) is 12.4 Å². The first-order chi connectivity index (χ1) is 9.67. The molecule has 0 fully saturated rings. The summed E-state index contributed by atoms with van der Waals surface area (Å²) < 4.78 is 6.69. The van der Waals surface area contributed by atoms with Gasteiger partial charge in [-0.2, -0.15) is 9.97 Å². The van der Waals surface area contributed by atoms with Crippen LogP contribution in [0, 0.1) is 0 Å². The maximum atomic E-state index is 5.67. The maximum Gasteiger partial charge on any atom is 0.225 e. The highest BCUT2D eigenvalue weighted by Crippen LogP contribution is 2.17. The van der Waals surface area contributed by atoms with Crippen molar-refractivity contribution in [1.29, 1.82) is 0 Å². The fourth-order valence-corrected chi connectivity index (χ4v) is 1.86. The molecular weight excluding hydrogens is 320 g/mol. The molecule has 2 aromatic rings. The fourth-order valence-electron chi connectivity index (χ4n) is 1.60. The lowest BCUT2D eigenvalue weighted by Gasteiger charge is -2.09. The van der Waals surface area contributed by atoms with Gasteiger partial charge in [-0.05, 0) is 24.1 Å². The summed E-state index contributed by atoms with van der Waals surface area (Å²) in [4.78, 5) is 8.18. The third-order valence-electron chi connectivity index (χ3n) is 2.58. The van der Waals surface area contributed by atoms with Crippen LogP contribution in [0.2, 0.25) is 0 Å². The van der Waals surface area contributed by atoms with E-state index in [0.717, 1.165) is 23.0 Å². The SMILES string of the molecule is CCCNc1cc(OCc2ccc(Br)cc2)nc(N)n1. The number of rotatable bonds is 6. The number of benzene rings is 1. The van der Waals surface area contributed by atoms with Gasteiger partial charge in [-0.25, -0.2) is 0 Å². The van der Waals surface area contributed by atoms with Crippen LogP contribution in [0.15, 0.2) is 34.8 Å². The molecule has 0 spiro atoms. The van der Waals surface area contributed by atoms with Crippen LogP contribution in [0.1, 0.15) is 18.9 Å². The zero-order chi connectivity index (χ0) is 14.4. The molecule has 5 nitrogen and oxygen atoms in total. The monoisotopic (exact) mass is 336 g/mol. The van der Waals surface area contributed by atoms with E-state index in [1.165, 1.54) is 0 Å². The molecule has 106 valence electrons. The highest BCUT2D eigenvalue weighted by molar-refractivity contribution is 9.10. The van der Waals surface area contributed by atoms with Crippen LogP contribution in [0.25, 0.3) is 0 Å². The van der Waals surface area contributed by atoms with Crippen molar-refractivity contribution in [2.45, 2.75) is 20.0 Å². The van der Waals surface area contributed by atoms with Crippen LogP contribution in [0.5, 0.6) is 5.88 Å². The van der Waals surface area contributed by atoms with Crippen LogP contribution in [-0.4, -0.2) is 16.5 Å². The van der Waals surface area contributed by atoms with Crippen molar-refractivity contribution in [3.63, 3.8) is 0 Å². The normalized spacial score (nSPS) is 10.3. The van der Waals surface area contributed by atoms with E-state index in [1.54, 1.807) is 6.07 Å². The first-order valence-corrected chi connectivity index (χ1v) is 7.22. The number of ether oxygens (including phenoxy) is 1. The molecule has 0 atom stereocenters. The lowest BCUT2D eigenvalue weighted by atomic mass is 10.2. The van der Waals surface area contributed by atoms with Crippen LogP contribution in [0.3, 0.4) is 0 Å². The Kier molecular flexibility index (Phi) is 5.17. The predicted octanol–water partition coefficient (Wildman–Crippen LogP) is 3.22. The second-order valence-corrected chi connectivity index (χ2v) is 5.21. The molecule has 1 aromatic heterocycles. The van der Waals surface area contributed by atoms with Gasteiger partial charge in [0.25, 0.3) is 0 Å². The number of nitrogens with one attached hydrogen (secondary N) is 1. The first kappa shape index (κ1) is 14.6. The highest BCUT2D eigenvalue weighted by atomic mass is 79.9. The Morgan fingerprint density at radius 1 is 1.25 bits per heavy atom. The van der Waals surface area contributed by atoms with E-state index in [-0.39, 0.29) is 5.95 Å². The van der Waals surface area contributed by atoms with Crippen molar-refractivity contribution in [3.05, 3.63) is 40.4 Å². The van der Waals surface area contributed by atoms with E-state index in [1.807, 2.05) is 24.3 Å². The van der Waals surface area contributed by atoms with Gasteiger partial charge in [-0.15, -0.1) is 0 Å². The van der Waals surface area contributed by atoms with Crippen LogP contribution >= 0.6 is 15.9 Å². The summed E-state index contributed by atoms with van der Waals surface area (Å²) in [5.41, 5.74) is 6.73. The maximum absolute atomic E-state index is 5.67. The molecule has 1 heterocycles. The van der Waals surface area contributed by atoms with Crippen LogP contribution < -0.4 is 15.8 Å². The molecule has 0 bridgehead atoms. The number of nitrogens with two attached hydrogens (primary N) is 1. The molecule has 0 aliphatic carbocycles. The quantitative estimate of drug-likeness (QED) is 0.847. The van der Waals surface area contributed by atoms with E-state index < -0.39 is 0 Å². The molecule has 3 N–H and O–H groups in total. The summed E-state index contributed by atoms with van der Waals surface area (Å²) in [5.74, 6) is 1.36. The number of nitrogen functional groups attached to an aromatic ring is 1. The third kappa shape index (κ3) is 4.38. The van der Waals surface area contributed by atoms with Crippen molar-refractivity contribution in [2.75, 3.05) is 17.6 Å². The van der Waals surface area contributed by atoms with E-state index in [4.69, 9.17) is 10.5 Å². The molecule has 0 aliphatic rings. The van der Waals surface area contributed by atoms with Gasteiger partial charge in [0.15, 0.2) is 0 Å². The summed E-state index contributed by atoms with van der Waals surface area (Å²) >= 11 is 3.40. The lowest BCUT2D eigenvalue weighted by molar-refractivity contribution is 0.294. The van der Waals surface area contributed by atoms with Crippen molar-refractivity contribution in [3.8, 4) is 5.88 Å². The Morgan fingerprint density at radius 2 is 2.00 bits per heavy atom. The summed E-state index contributed by atoms with van der Waals surface area (Å²) in [6.07, 6.45) is 1.01. The minimum Gasteiger partial charge on any atom is -0.473 e. The van der Waals surface area contributed by atoms with Gasteiger partial charge in [-0.3, -0.25) is 0 Å². The van der Waals surface area contributed by atoms with Crippen molar-refractivity contribution < 1.29 is 4.74 Å². The molecule has 0 unspecified atom stereocenters. The second-order valence-electron chi connectivity index (χ2n) is 4.29. The van der Waals surface area contributed by atoms with Crippen molar-refractivity contribution in [2.24, 2.45) is 0 Å². The molecule has 0 radical (unpaired) electrons. The second kappa shape index (κ2) is 7.09. The number of halogens is 1. The smallest absolute Gasteiger partial charge is 0.225 e. The molecule has 1 aromatic carbocycles. The zero-order valence-electron chi connectivity index (χ0n) is 11.3.